The molecule has 2 heterocycles. The van der Waals surface area contributed by atoms with Crippen molar-refractivity contribution in [3.8, 4) is 11.3 Å². The largest absolute Gasteiger partial charge is 0.469 e. The number of benzene rings is 1. The zero-order valence-corrected chi connectivity index (χ0v) is 15.2. The lowest BCUT2D eigenvalue weighted by molar-refractivity contribution is -0.139. The Kier molecular flexibility index (Phi) is 4.53. The smallest absolute Gasteiger partial charge is 0.310 e. The summed E-state index contributed by atoms with van der Waals surface area (Å²) in [6.07, 6.45) is 0.144. The summed E-state index contributed by atoms with van der Waals surface area (Å²) in [5.41, 5.74) is 4.55. The van der Waals surface area contributed by atoms with Gasteiger partial charge in [0.05, 0.1) is 19.2 Å². The lowest BCUT2D eigenvalue weighted by Crippen LogP contribution is -2.12. The average molecular weight is 338 g/mol. The summed E-state index contributed by atoms with van der Waals surface area (Å²) >= 11 is 0. The Morgan fingerprint density at radius 2 is 1.84 bits per heavy atom. The van der Waals surface area contributed by atoms with Crippen LogP contribution in [0.4, 0.5) is 0 Å². The van der Waals surface area contributed by atoms with Crippen LogP contribution in [0.15, 0.2) is 24.3 Å². The molecule has 1 aromatic carbocycles. The summed E-state index contributed by atoms with van der Waals surface area (Å²) in [7, 11) is 1.39. The quantitative estimate of drug-likeness (QED) is 0.683. The lowest BCUT2D eigenvalue weighted by atomic mass is 10.0. The van der Waals surface area contributed by atoms with Crippen molar-refractivity contribution < 1.29 is 9.53 Å². The van der Waals surface area contributed by atoms with Crippen molar-refractivity contribution in [3.63, 3.8) is 0 Å². The monoisotopic (exact) mass is 338 g/mol. The van der Waals surface area contributed by atoms with Gasteiger partial charge >= 0.3 is 5.97 Å². The molecule has 130 valence electrons. The molecule has 2 aromatic heterocycles. The number of aromatic nitrogens is 4. The van der Waals surface area contributed by atoms with E-state index in [1.165, 1.54) is 12.7 Å². The van der Waals surface area contributed by atoms with Gasteiger partial charge in [-0.15, -0.1) is 5.10 Å². The van der Waals surface area contributed by atoms with Gasteiger partial charge in [0.1, 0.15) is 0 Å². The van der Waals surface area contributed by atoms with Crippen LogP contribution < -0.4 is 0 Å². The number of methoxy groups -OCH3 is 1. The maximum absolute atomic E-state index is 11.9. The first-order valence-corrected chi connectivity index (χ1v) is 8.30. The van der Waals surface area contributed by atoms with Crippen molar-refractivity contribution in [2.75, 3.05) is 7.11 Å². The minimum absolute atomic E-state index is 0.144. The SMILES string of the molecule is COC(=O)Cc1c(C)nc2nc(C(C)C)nn2c1-c1ccc(C)cc1. The third-order valence-corrected chi connectivity index (χ3v) is 4.20. The molecule has 0 amide bonds. The number of carbonyl (C=O) groups excluding carboxylic acids is 1. The number of fused-ring (bicyclic) bond motifs is 1. The topological polar surface area (TPSA) is 69.4 Å². The molecule has 0 saturated carbocycles. The summed E-state index contributed by atoms with van der Waals surface area (Å²) in [5, 5.41) is 4.64. The highest BCUT2D eigenvalue weighted by Crippen LogP contribution is 2.28. The number of esters is 1. The van der Waals surface area contributed by atoms with Crippen molar-refractivity contribution in [1.82, 2.24) is 19.6 Å². The molecular formula is C19H22N4O2. The molecule has 25 heavy (non-hydrogen) atoms. The predicted octanol–water partition coefficient (Wildman–Crippen LogP) is 3.25. The Bertz CT molecular complexity index is 927. The zero-order valence-electron chi connectivity index (χ0n) is 15.2. The number of aryl methyl sites for hydroxylation is 2. The zero-order chi connectivity index (χ0) is 18.1. The van der Waals surface area contributed by atoms with Crippen LogP contribution in [0.2, 0.25) is 0 Å². The summed E-state index contributed by atoms with van der Waals surface area (Å²) in [4.78, 5) is 21.0. The van der Waals surface area contributed by atoms with Crippen molar-refractivity contribution in [2.24, 2.45) is 0 Å². The van der Waals surface area contributed by atoms with E-state index in [1.807, 2.05) is 52.0 Å². The van der Waals surface area contributed by atoms with E-state index < -0.39 is 0 Å². The van der Waals surface area contributed by atoms with Gasteiger partial charge in [-0.05, 0) is 13.8 Å². The molecule has 0 N–H and O–H groups in total. The van der Waals surface area contributed by atoms with Crippen LogP contribution >= 0.6 is 0 Å². The molecular weight excluding hydrogens is 316 g/mol. The number of rotatable bonds is 4. The highest BCUT2D eigenvalue weighted by molar-refractivity contribution is 5.78. The van der Waals surface area contributed by atoms with Crippen LogP contribution in [-0.4, -0.2) is 32.7 Å². The van der Waals surface area contributed by atoms with Gasteiger partial charge in [0.15, 0.2) is 5.82 Å². The molecule has 0 radical (unpaired) electrons. The summed E-state index contributed by atoms with van der Waals surface area (Å²) < 4.78 is 6.60. The minimum Gasteiger partial charge on any atom is -0.469 e. The Morgan fingerprint density at radius 1 is 1.16 bits per heavy atom. The lowest BCUT2D eigenvalue weighted by Gasteiger charge is -2.13. The van der Waals surface area contributed by atoms with Gasteiger partial charge in [-0.1, -0.05) is 43.7 Å². The molecule has 0 aliphatic carbocycles. The first-order chi connectivity index (χ1) is 11.9. The van der Waals surface area contributed by atoms with E-state index in [2.05, 4.69) is 15.1 Å². The number of carbonyl (C=O) groups is 1. The number of hydrogen-bond acceptors (Lipinski definition) is 5. The van der Waals surface area contributed by atoms with Crippen molar-refractivity contribution >= 4 is 11.7 Å². The Morgan fingerprint density at radius 3 is 2.44 bits per heavy atom. The van der Waals surface area contributed by atoms with Crippen LogP contribution in [0.3, 0.4) is 0 Å². The van der Waals surface area contributed by atoms with Gasteiger partial charge in [-0.25, -0.2) is 4.98 Å². The second-order valence-corrected chi connectivity index (χ2v) is 6.48. The van der Waals surface area contributed by atoms with Crippen LogP contribution in [0.25, 0.3) is 17.0 Å². The van der Waals surface area contributed by atoms with Crippen molar-refractivity contribution in [2.45, 2.75) is 40.0 Å². The molecule has 3 rings (SSSR count). The van der Waals surface area contributed by atoms with Crippen LogP contribution in [0.1, 0.15) is 42.4 Å². The van der Waals surface area contributed by atoms with E-state index in [-0.39, 0.29) is 18.3 Å². The molecule has 0 atom stereocenters. The average Bonchev–Trinajstić information content (AvgIpc) is 3.00. The van der Waals surface area contributed by atoms with E-state index in [4.69, 9.17) is 4.74 Å². The van der Waals surface area contributed by atoms with Crippen LogP contribution in [0, 0.1) is 13.8 Å². The summed E-state index contributed by atoms with van der Waals surface area (Å²) in [6, 6.07) is 8.14. The van der Waals surface area contributed by atoms with Gasteiger partial charge in [0.2, 0.25) is 0 Å². The first-order valence-electron chi connectivity index (χ1n) is 8.30. The Hall–Kier alpha value is -2.76. The number of ether oxygens (including phenoxy) is 1. The van der Waals surface area contributed by atoms with E-state index in [1.54, 1.807) is 4.52 Å². The minimum atomic E-state index is -0.304. The standard InChI is InChI=1S/C19H22N4O2/c1-11(2)18-21-19-20-13(4)15(10-16(24)25-5)17(23(19)22-18)14-8-6-12(3)7-9-14/h6-9,11H,10H2,1-5H3. The summed E-state index contributed by atoms with van der Waals surface area (Å²) in [6.45, 7) is 8.02. The molecule has 6 nitrogen and oxygen atoms in total. The van der Waals surface area contributed by atoms with Gasteiger partial charge in [-0.2, -0.15) is 9.50 Å². The maximum atomic E-state index is 11.9. The third-order valence-electron chi connectivity index (χ3n) is 4.20. The van der Waals surface area contributed by atoms with Crippen LogP contribution in [0.5, 0.6) is 0 Å². The molecule has 0 unspecified atom stereocenters. The maximum Gasteiger partial charge on any atom is 0.310 e. The second kappa shape index (κ2) is 6.63. The van der Waals surface area contributed by atoms with Crippen LogP contribution in [-0.2, 0) is 16.0 Å². The van der Waals surface area contributed by atoms with Gasteiger partial charge in [-0.3, -0.25) is 4.79 Å². The Balaban J connectivity index is 2.31. The van der Waals surface area contributed by atoms with E-state index in [0.717, 1.165) is 28.3 Å². The predicted molar refractivity (Wildman–Crippen MR) is 95.5 cm³/mol. The van der Waals surface area contributed by atoms with E-state index in [9.17, 15) is 4.79 Å². The molecule has 0 saturated heterocycles. The molecule has 0 spiro atoms. The summed E-state index contributed by atoms with van der Waals surface area (Å²) in [5.74, 6) is 1.17. The van der Waals surface area contributed by atoms with Crippen molar-refractivity contribution in [1.29, 1.82) is 0 Å². The molecule has 3 aromatic rings. The molecule has 0 aliphatic rings. The number of hydrogen-bond donors (Lipinski definition) is 0. The third kappa shape index (κ3) is 3.24. The van der Waals surface area contributed by atoms with Gasteiger partial charge in [0.25, 0.3) is 5.78 Å². The fourth-order valence-corrected chi connectivity index (χ4v) is 2.74. The molecule has 0 aliphatic heterocycles. The van der Waals surface area contributed by atoms with Crippen molar-refractivity contribution in [3.05, 3.63) is 46.9 Å². The highest BCUT2D eigenvalue weighted by atomic mass is 16.5. The van der Waals surface area contributed by atoms with Gasteiger partial charge < -0.3 is 4.74 Å². The molecule has 6 heteroatoms. The number of nitrogens with zero attached hydrogens (tertiary/aromatic N) is 4. The second-order valence-electron chi connectivity index (χ2n) is 6.48. The first kappa shape index (κ1) is 17.1. The fourth-order valence-electron chi connectivity index (χ4n) is 2.74. The van der Waals surface area contributed by atoms with Gasteiger partial charge in [0, 0.05) is 22.7 Å². The highest BCUT2D eigenvalue weighted by Gasteiger charge is 2.20. The van der Waals surface area contributed by atoms with E-state index in [0.29, 0.717) is 5.78 Å². The molecule has 0 fully saturated rings. The Labute approximate surface area is 146 Å². The fraction of sp³-hybridized carbons (Fsp3) is 0.368. The normalized spacial score (nSPS) is 11.3. The van der Waals surface area contributed by atoms with E-state index >= 15 is 0 Å². The molecule has 0 bridgehead atoms.